The molecule has 39 heavy (non-hydrogen) atoms. The van der Waals surface area contributed by atoms with Gasteiger partial charge in [-0.3, -0.25) is 4.79 Å². The van der Waals surface area contributed by atoms with Crippen LogP contribution in [0.5, 0.6) is 0 Å². The molecule has 1 unspecified atom stereocenters. The van der Waals surface area contributed by atoms with Crippen molar-refractivity contribution < 1.29 is 4.79 Å². The van der Waals surface area contributed by atoms with E-state index in [2.05, 4.69) is 49.1 Å². The lowest BCUT2D eigenvalue weighted by atomic mass is 9.95. The highest BCUT2D eigenvalue weighted by atomic mass is 35.5. The summed E-state index contributed by atoms with van der Waals surface area (Å²) in [6, 6.07) is 15.8. The van der Waals surface area contributed by atoms with Gasteiger partial charge in [0.25, 0.3) is 5.91 Å². The van der Waals surface area contributed by atoms with E-state index in [9.17, 15) is 4.79 Å². The van der Waals surface area contributed by atoms with Crippen LogP contribution in [0, 0.1) is 12.5 Å². The van der Waals surface area contributed by atoms with Crippen LogP contribution in [0.3, 0.4) is 0 Å². The molecule has 3 aromatic rings. The molecule has 11 nitrogen and oxygen atoms in total. The van der Waals surface area contributed by atoms with E-state index in [4.69, 9.17) is 28.0 Å². The first kappa shape index (κ1) is 25.7. The van der Waals surface area contributed by atoms with Crippen LogP contribution in [0.2, 0.25) is 5.02 Å². The van der Waals surface area contributed by atoms with E-state index in [0.29, 0.717) is 39.8 Å². The Kier molecular flexibility index (Phi) is 7.15. The topological polar surface area (TPSA) is 165 Å². The highest BCUT2D eigenvalue weighted by molar-refractivity contribution is 6.31. The maximum Gasteiger partial charge on any atom is 0.257 e. The third-order valence-electron chi connectivity index (χ3n) is 6.28. The van der Waals surface area contributed by atoms with E-state index in [-0.39, 0.29) is 11.7 Å². The summed E-state index contributed by atoms with van der Waals surface area (Å²) in [5.41, 5.74) is 12.5. The second-order valence-electron chi connectivity index (χ2n) is 9.01. The molecule has 0 saturated carbocycles. The van der Waals surface area contributed by atoms with Crippen molar-refractivity contribution in [3.05, 3.63) is 99.3 Å². The number of anilines is 1. The van der Waals surface area contributed by atoms with Gasteiger partial charge in [-0.25, -0.2) is 20.5 Å². The Bertz CT molecular complexity index is 1610. The lowest BCUT2D eigenvalue weighted by Crippen LogP contribution is -2.44. The summed E-state index contributed by atoms with van der Waals surface area (Å²) in [4.78, 5) is 27.3. The first-order valence-electron chi connectivity index (χ1n) is 12.0. The first-order chi connectivity index (χ1) is 18.9. The molecule has 196 valence electrons. The number of amidine groups is 2. The monoisotopic (exact) mass is 540 g/mol. The van der Waals surface area contributed by atoms with Crippen LogP contribution in [0.4, 0.5) is 11.5 Å². The van der Waals surface area contributed by atoms with E-state index in [1.54, 1.807) is 19.1 Å². The summed E-state index contributed by atoms with van der Waals surface area (Å²) in [6.45, 7) is 3.85. The van der Waals surface area contributed by atoms with E-state index < -0.39 is 11.9 Å². The zero-order valence-electron chi connectivity index (χ0n) is 21.2. The molecule has 0 aliphatic carbocycles. The zero-order chi connectivity index (χ0) is 27.5. The van der Waals surface area contributed by atoms with E-state index in [1.165, 1.54) is 17.8 Å². The number of fused-ring (bicyclic) bond motifs is 1. The number of carbonyl (C=O) groups excluding carboxylic acids is 1. The number of aryl methyl sites for hydroxylation is 1. The smallest absolute Gasteiger partial charge is 0.257 e. The zero-order valence-corrected chi connectivity index (χ0v) is 21.9. The Morgan fingerprint density at radius 1 is 1.18 bits per heavy atom. The Morgan fingerprint density at radius 2 is 2.00 bits per heavy atom. The number of aromatic nitrogens is 1. The van der Waals surface area contributed by atoms with E-state index >= 15 is 0 Å². The number of amides is 1. The maximum atomic E-state index is 13.6. The highest BCUT2D eigenvalue weighted by Crippen LogP contribution is 2.35. The second kappa shape index (κ2) is 10.8. The molecule has 3 heterocycles. The fourth-order valence-corrected chi connectivity index (χ4v) is 4.72. The molecule has 6 N–H and O–H groups in total. The molecule has 0 fully saturated rings. The Balaban J connectivity index is 1.44. The lowest BCUT2D eigenvalue weighted by molar-refractivity contribution is -0.113. The largest absolute Gasteiger partial charge is 0.329 e. The van der Waals surface area contributed by atoms with Crippen LogP contribution >= 0.6 is 11.6 Å². The molecule has 5 rings (SSSR count). The van der Waals surface area contributed by atoms with Gasteiger partial charge in [-0.2, -0.15) is 5.10 Å². The molecule has 12 heteroatoms. The van der Waals surface area contributed by atoms with Gasteiger partial charge in [0.2, 0.25) is 5.96 Å². The van der Waals surface area contributed by atoms with Crippen molar-refractivity contribution in [3.8, 4) is 0 Å². The van der Waals surface area contributed by atoms with Crippen LogP contribution in [0.15, 0.2) is 92.3 Å². The number of hydrazone groups is 1. The maximum absolute atomic E-state index is 13.6. The van der Waals surface area contributed by atoms with Crippen molar-refractivity contribution in [1.29, 1.82) is 5.53 Å². The third-order valence-corrected chi connectivity index (χ3v) is 6.63. The molecule has 2 aliphatic heterocycles. The molecule has 2 aliphatic rings. The standard InChI is InChI=1S/C27H25ClN10O/c1-14-7-8-20-17(11-14)13-22(33-20)35-27-32-15(2)23(24(36-27)18-5-3-4-6-19(18)28)26(39)34-21-12-16(9-10-31-21)25(37-29)38-30/h3-12,24,29H,13,30H2,1-2H3,(H,31,34,39)(H2,32,33,35,36)/b37-29?,38-25-. The summed E-state index contributed by atoms with van der Waals surface area (Å²) < 4.78 is 0. The van der Waals surface area contributed by atoms with Crippen molar-refractivity contribution >= 4 is 46.6 Å². The van der Waals surface area contributed by atoms with Crippen molar-refractivity contribution in [2.24, 2.45) is 26.0 Å². The van der Waals surface area contributed by atoms with Crippen LogP contribution < -0.4 is 21.8 Å². The molecule has 1 atom stereocenters. The van der Waals surface area contributed by atoms with Crippen molar-refractivity contribution in [1.82, 2.24) is 15.6 Å². The second-order valence-corrected chi connectivity index (χ2v) is 9.41. The molecule has 0 bridgehead atoms. The number of pyridine rings is 1. The van der Waals surface area contributed by atoms with Gasteiger partial charge in [0.15, 0.2) is 5.84 Å². The van der Waals surface area contributed by atoms with Gasteiger partial charge in [0.05, 0.1) is 11.3 Å². The van der Waals surface area contributed by atoms with Crippen LogP contribution in [0.1, 0.15) is 35.2 Å². The van der Waals surface area contributed by atoms with Crippen LogP contribution in [-0.2, 0) is 11.2 Å². The summed E-state index contributed by atoms with van der Waals surface area (Å²) in [5.74, 6) is 6.33. The number of hydrogen-bond acceptors (Lipinski definition) is 9. The number of carbonyl (C=O) groups is 1. The molecule has 0 spiro atoms. The number of guanidine groups is 1. The van der Waals surface area contributed by atoms with Gasteiger partial charge >= 0.3 is 0 Å². The molecule has 1 amide bonds. The Morgan fingerprint density at radius 3 is 2.77 bits per heavy atom. The number of rotatable bonds is 4. The van der Waals surface area contributed by atoms with Crippen LogP contribution in [0.25, 0.3) is 0 Å². The highest BCUT2D eigenvalue weighted by Gasteiger charge is 2.31. The van der Waals surface area contributed by atoms with Crippen molar-refractivity contribution in [3.63, 3.8) is 0 Å². The summed E-state index contributed by atoms with van der Waals surface area (Å²) in [6.07, 6.45) is 2.11. The lowest BCUT2D eigenvalue weighted by Gasteiger charge is -2.27. The predicted octanol–water partition coefficient (Wildman–Crippen LogP) is 4.48. The van der Waals surface area contributed by atoms with Crippen molar-refractivity contribution in [2.45, 2.75) is 26.3 Å². The number of nitrogens with zero attached hydrogens (tertiary/aromatic N) is 5. The van der Waals surface area contributed by atoms with Crippen molar-refractivity contribution in [2.75, 3.05) is 5.32 Å². The number of aliphatic imine (C=N–C) groups is 2. The minimum absolute atomic E-state index is 0.00373. The summed E-state index contributed by atoms with van der Waals surface area (Å²) in [7, 11) is 0. The fraction of sp³-hybridized carbons (Fsp3) is 0.148. The molecule has 1 aromatic heterocycles. The number of hydrogen-bond donors (Lipinski definition) is 5. The van der Waals surface area contributed by atoms with E-state index in [1.807, 2.05) is 30.3 Å². The van der Waals surface area contributed by atoms with Crippen LogP contribution in [-0.4, -0.2) is 28.5 Å². The van der Waals surface area contributed by atoms with Gasteiger partial charge in [0, 0.05) is 34.5 Å². The van der Waals surface area contributed by atoms with Gasteiger partial charge < -0.3 is 21.8 Å². The number of allylic oxidation sites excluding steroid dienone is 1. The number of nitrogens with two attached hydrogens (primary N) is 1. The fourth-order valence-electron chi connectivity index (χ4n) is 4.48. The molecule has 2 aromatic carbocycles. The van der Waals surface area contributed by atoms with Gasteiger partial charge in [-0.15, -0.1) is 5.11 Å². The quantitative estimate of drug-likeness (QED) is 0.108. The first-order valence-corrected chi connectivity index (χ1v) is 12.4. The molecule has 0 saturated heterocycles. The molecule has 0 radical (unpaired) electrons. The number of halogens is 1. The normalized spacial score (nSPS) is 16.6. The number of nitrogens with one attached hydrogen (secondary N) is 4. The van der Waals surface area contributed by atoms with Gasteiger partial charge in [0.1, 0.15) is 17.7 Å². The average molecular weight is 541 g/mol. The minimum Gasteiger partial charge on any atom is -0.329 e. The SMILES string of the molecule is CC1=C(C(=O)Nc2cc(/C(N=N)=N/N)ccn2)C(c2ccccc2Cl)N=C(NC2=Nc3ccc(C)cc3C2)N1. The number of benzene rings is 2. The minimum atomic E-state index is -0.707. The third kappa shape index (κ3) is 5.39. The summed E-state index contributed by atoms with van der Waals surface area (Å²) in [5, 5.41) is 16.6. The Hall–Kier alpha value is -4.90. The predicted molar refractivity (Wildman–Crippen MR) is 151 cm³/mol. The molecular weight excluding hydrogens is 516 g/mol. The summed E-state index contributed by atoms with van der Waals surface area (Å²) >= 11 is 6.56. The van der Waals surface area contributed by atoms with Gasteiger partial charge in [-0.05, 0) is 43.7 Å². The molecular formula is C27H25ClN10O. The average Bonchev–Trinajstić information content (AvgIpc) is 3.30. The van der Waals surface area contributed by atoms with E-state index in [0.717, 1.165) is 17.1 Å². The Labute approximate surface area is 229 Å². The van der Waals surface area contributed by atoms with Gasteiger partial charge in [-0.1, -0.05) is 47.5 Å².